The molecule has 4 heteroatoms. The standard InChI is InChI=1S/C10H11BrN2O/c11-8-3-4-12-9(5-8)6-13-10(14)7-1-2-7/h3-5,7H,1-2,6H2,(H,13,14). The summed E-state index contributed by atoms with van der Waals surface area (Å²) in [5.41, 5.74) is 0.883. The summed E-state index contributed by atoms with van der Waals surface area (Å²) in [6.45, 7) is 0.523. The van der Waals surface area contributed by atoms with Crippen LogP contribution in [0.25, 0.3) is 0 Å². The molecule has 1 N–H and O–H groups in total. The van der Waals surface area contributed by atoms with Crippen LogP contribution in [0.4, 0.5) is 0 Å². The van der Waals surface area contributed by atoms with Crippen molar-refractivity contribution in [1.82, 2.24) is 10.3 Å². The molecule has 0 radical (unpaired) electrons. The zero-order valence-electron chi connectivity index (χ0n) is 7.66. The van der Waals surface area contributed by atoms with Crippen molar-refractivity contribution in [1.29, 1.82) is 0 Å². The van der Waals surface area contributed by atoms with Crippen molar-refractivity contribution >= 4 is 21.8 Å². The van der Waals surface area contributed by atoms with Gasteiger partial charge in [0.05, 0.1) is 12.2 Å². The van der Waals surface area contributed by atoms with Crippen LogP contribution in [0.3, 0.4) is 0 Å². The van der Waals surface area contributed by atoms with Crippen LogP contribution in [-0.4, -0.2) is 10.9 Å². The van der Waals surface area contributed by atoms with Crippen molar-refractivity contribution in [2.45, 2.75) is 19.4 Å². The largest absolute Gasteiger partial charge is 0.350 e. The Hall–Kier alpha value is -0.900. The van der Waals surface area contributed by atoms with Gasteiger partial charge in [-0.25, -0.2) is 0 Å². The van der Waals surface area contributed by atoms with Crippen molar-refractivity contribution in [3.63, 3.8) is 0 Å². The fourth-order valence-electron chi connectivity index (χ4n) is 1.21. The first-order chi connectivity index (χ1) is 6.75. The van der Waals surface area contributed by atoms with E-state index in [9.17, 15) is 4.79 Å². The van der Waals surface area contributed by atoms with Gasteiger partial charge in [-0.05, 0) is 25.0 Å². The van der Waals surface area contributed by atoms with E-state index in [0.29, 0.717) is 6.54 Å². The van der Waals surface area contributed by atoms with Crippen LogP contribution in [0.15, 0.2) is 22.8 Å². The maximum atomic E-state index is 11.3. The van der Waals surface area contributed by atoms with Crippen LogP contribution in [0.1, 0.15) is 18.5 Å². The lowest BCUT2D eigenvalue weighted by molar-refractivity contribution is -0.122. The topological polar surface area (TPSA) is 42.0 Å². The lowest BCUT2D eigenvalue weighted by atomic mass is 10.3. The van der Waals surface area contributed by atoms with Crippen molar-refractivity contribution in [3.8, 4) is 0 Å². The number of hydrogen-bond donors (Lipinski definition) is 1. The van der Waals surface area contributed by atoms with Crippen molar-refractivity contribution in [3.05, 3.63) is 28.5 Å². The van der Waals surface area contributed by atoms with E-state index in [4.69, 9.17) is 0 Å². The fourth-order valence-corrected chi connectivity index (χ4v) is 1.60. The second-order valence-electron chi connectivity index (χ2n) is 3.46. The molecule has 1 aromatic heterocycles. The van der Waals surface area contributed by atoms with Crippen molar-refractivity contribution < 1.29 is 4.79 Å². The minimum absolute atomic E-state index is 0.159. The Morgan fingerprint density at radius 1 is 1.64 bits per heavy atom. The summed E-state index contributed by atoms with van der Waals surface area (Å²) in [6.07, 6.45) is 3.80. The van der Waals surface area contributed by atoms with E-state index in [0.717, 1.165) is 23.0 Å². The summed E-state index contributed by atoms with van der Waals surface area (Å²) in [4.78, 5) is 15.5. The number of aromatic nitrogens is 1. The average molecular weight is 255 g/mol. The normalized spacial score (nSPS) is 15.2. The van der Waals surface area contributed by atoms with Gasteiger partial charge in [-0.2, -0.15) is 0 Å². The molecule has 1 aliphatic rings. The molecule has 1 fully saturated rings. The molecule has 1 saturated carbocycles. The highest BCUT2D eigenvalue weighted by atomic mass is 79.9. The molecule has 2 rings (SSSR count). The fraction of sp³-hybridized carbons (Fsp3) is 0.400. The molecule has 1 aromatic rings. The van der Waals surface area contributed by atoms with Gasteiger partial charge in [0.25, 0.3) is 0 Å². The number of halogens is 1. The molecule has 0 atom stereocenters. The third-order valence-corrected chi connectivity index (χ3v) is 2.66. The van der Waals surface area contributed by atoms with Gasteiger partial charge in [-0.15, -0.1) is 0 Å². The lowest BCUT2D eigenvalue weighted by Gasteiger charge is -2.03. The Morgan fingerprint density at radius 3 is 3.07 bits per heavy atom. The van der Waals surface area contributed by atoms with Crippen LogP contribution in [0.5, 0.6) is 0 Å². The molecule has 1 aliphatic carbocycles. The maximum Gasteiger partial charge on any atom is 0.223 e. The van der Waals surface area contributed by atoms with Gasteiger partial charge >= 0.3 is 0 Å². The second-order valence-corrected chi connectivity index (χ2v) is 4.37. The first-order valence-electron chi connectivity index (χ1n) is 4.64. The molecule has 0 aliphatic heterocycles. The molecule has 74 valence electrons. The highest BCUT2D eigenvalue weighted by Gasteiger charge is 2.29. The molecular formula is C10H11BrN2O. The van der Waals surface area contributed by atoms with E-state index in [2.05, 4.69) is 26.2 Å². The summed E-state index contributed by atoms with van der Waals surface area (Å²) >= 11 is 3.36. The van der Waals surface area contributed by atoms with E-state index in [-0.39, 0.29) is 11.8 Å². The molecule has 0 bridgehead atoms. The minimum Gasteiger partial charge on any atom is -0.350 e. The third kappa shape index (κ3) is 2.54. The third-order valence-electron chi connectivity index (χ3n) is 2.17. The van der Waals surface area contributed by atoms with Crippen LogP contribution >= 0.6 is 15.9 Å². The average Bonchev–Trinajstić information content (AvgIpc) is 2.97. The molecule has 1 amide bonds. The highest BCUT2D eigenvalue weighted by molar-refractivity contribution is 9.10. The van der Waals surface area contributed by atoms with E-state index < -0.39 is 0 Å². The van der Waals surface area contributed by atoms with Gasteiger partial charge in [-0.1, -0.05) is 15.9 Å². The number of pyridine rings is 1. The Labute approximate surface area is 91.0 Å². The first-order valence-corrected chi connectivity index (χ1v) is 5.43. The summed E-state index contributed by atoms with van der Waals surface area (Å²) in [5, 5.41) is 2.87. The summed E-state index contributed by atoms with van der Waals surface area (Å²) in [5.74, 6) is 0.425. The number of nitrogens with one attached hydrogen (secondary N) is 1. The monoisotopic (exact) mass is 254 g/mol. The van der Waals surface area contributed by atoms with E-state index in [1.807, 2.05) is 12.1 Å². The number of hydrogen-bond acceptors (Lipinski definition) is 2. The molecular weight excluding hydrogens is 244 g/mol. The number of rotatable bonds is 3. The zero-order valence-corrected chi connectivity index (χ0v) is 9.25. The van der Waals surface area contributed by atoms with E-state index in [1.54, 1.807) is 6.20 Å². The molecule has 0 spiro atoms. The Morgan fingerprint density at radius 2 is 2.43 bits per heavy atom. The highest BCUT2D eigenvalue weighted by Crippen LogP contribution is 2.28. The molecule has 0 unspecified atom stereocenters. The quantitative estimate of drug-likeness (QED) is 0.895. The van der Waals surface area contributed by atoms with Gasteiger partial charge in [-0.3, -0.25) is 9.78 Å². The minimum atomic E-state index is 0.159. The predicted octanol–water partition coefficient (Wildman–Crippen LogP) is 1.87. The van der Waals surface area contributed by atoms with Crippen molar-refractivity contribution in [2.75, 3.05) is 0 Å². The predicted molar refractivity (Wildman–Crippen MR) is 56.5 cm³/mol. The second kappa shape index (κ2) is 4.09. The van der Waals surface area contributed by atoms with Gasteiger partial charge < -0.3 is 5.32 Å². The molecule has 0 aromatic carbocycles. The van der Waals surface area contributed by atoms with Crippen LogP contribution in [0.2, 0.25) is 0 Å². The van der Waals surface area contributed by atoms with Gasteiger partial charge in [0.2, 0.25) is 5.91 Å². The zero-order chi connectivity index (χ0) is 9.97. The van der Waals surface area contributed by atoms with Gasteiger partial charge in [0.15, 0.2) is 0 Å². The number of nitrogens with zero attached hydrogens (tertiary/aromatic N) is 1. The number of carbonyl (C=O) groups is 1. The van der Waals surface area contributed by atoms with E-state index >= 15 is 0 Å². The van der Waals surface area contributed by atoms with Gasteiger partial charge in [0, 0.05) is 16.6 Å². The number of carbonyl (C=O) groups excluding carboxylic acids is 1. The van der Waals surface area contributed by atoms with Crippen LogP contribution < -0.4 is 5.32 Å². The Kier molecular flexibility index (Phi) is 2.82. The van der Waals surface area contributed by atoms with Crippen molar-refractivity contribution in [2.24, 2.45) is 5.92 Å². The molecule has 3 nitrogen and oxygen atoms in total. The number of amides is 1. The van der Waals surface area contributed by atoms with E-state index in [1.165, 1.54) is 0 Å². The maximum absolute atomic E-state index is 11.3. The van der Waals surface area contributed by atoms with Crippen LogP contribution in [-0.2, 0) is 11.3 Å². The SMILES string of the molecule is O=C(NCc1cc(Br)ccn1)C1CC1. The van der Waals surface area contributed by atoms with Crippen LogP contribution in [0, 0.1) is 5.92 Å². The van der Waals surface area contributed by atoms with Gasteiger partial charge in [0.1, 0.15) is 0 Å². The summed E-state index contributed by atoms with van der Waals surface area (Å²) in [7, 11) is 0. The summed E-state index contributed by atoms with van der Waals surface area (Å²) < 4.78 is 0.989. The Bertz CT molecular complexity index is 350. The Balaban J connectivity index is 1.87. The molecule has 1 heterocycles. The molecule has 0 saturated heterocycles. The smallest absolute Gasteiger partial charge is 0.223 e. The lowest BCUT2D eigenvalue weighted by Crippen LogP contribution is -2.24. The summed E-state index contributed by atoms with van der Waals surface area (Å²) in [6, 6.07) is 3.78. The first kappa shape index (κ1) is 9.65. The molecule has 14 heavy (non-hydrogen) atoms.